The standard InChI is InChI=1S/C23H26FNO4S/c24-18-8-10-20(11-9-18)30(27,28)23(13-4-1-5-14-23)22(26)25-19-12-15-29-21-7-3-2-6-17(21)16-19/h2-3,6-11,19H,1,4-5,12-16H2,(H,25,26). The van der Waals surface area contributed by atoms with Crippen LogP contribution in [0.4, 0.5) is 4.39 Å². The van der Waals surface area contributed by atoms with Crippen molar-refractivity contribution in [2.75, 3.05) is 6.61 Å². The van der Waals surface area contributed by atoms with Gasteiger partial charge in [0.1, 0.15) is 11.6 Å². The first kappa shape index (κ1) is 20.8. The first-order valence-electron chi connectivity index (χ1n) is 10.4. The van der Waals surface area contributed by atoms with Gasteiger partial charge in [-0.05, 0) is 55.2 Å². The Labute approximate surface area is 176 Å². The van der Waals surface area contributed by atoms with E-state index in [1.165, 1.54) is 12.1 Å². The lowest BCUT2D eigenvalue weighted by atomic mass is 9.87. The summed E-state index contributed by atoms with van der Waals surface area (Å²) in [6.07, 6.45) is 3.99. The van der Waals surface area contributed by atoms with Gasteiger partial charge in [-0.2, -0.15) is 0 Å². The van der Waals surface area contributed by atoms with Crippen molar-refractivity contribution < 1.29 is 22.3 Å². The summed E-state index contributed by atoms with van der Waals surface area (Å²) in [5.41, 5.74) is 0.999. The molecule has 1 fully saturated rings. The highest BCUT2D eigenvalue weighted by molar-refractivity contribution is 7.93. The van der Waals surface area contributed by atoms with E-state index in [9.17, 15) is 17.6 Å². The lowest BCUT2D eigenvalue weighted by molar-refractivity contribution is -0.125. The van der Waals surface area contributed by atoms with E-state index in [0.717, 1.165) is 29.9 Å². The Morgan fingerprint density at radius 1 is 1.03 bits per heavy atom. The van der Waals surface area contributed by atoms with E-state index < -0.39 is 26.3 Å². The molecular weight excluding hydrogens is 405 g/mol. The molecule has 0 saturated heterocycles. The van der Waals surface area contributed by atoms with Crippen LogP contribution in [0.3, 0.4) is 0 Å². The molecule has 160 valence electrons. The quantitative estimate of drug-likeness (QED) is 0.747. The maximum Gasteiger partial charge on any atom is 0.242 e. The minimum Gasteiger partial charge on any atom is -0.493 e. The second kappa shape index (κ2) is 8.38. The van der Waals surface area contributed by atoms with E-state index in [0.29, 0.717) is 32.3 Å². The van der Waals surface area contributed by atoms with Crippen LogP contribution in [0, 0.1) is 5.82 Å². The van der Waals surface area contributed by atoms with Gasteiger partial charge in [0.05, 0.1) is 11.5 Å². The highest BCUT2D eigenvalue weighted by Crippen LogP contribution is 2.39. The summed E-state index contributed by atoms with van der Waals surface area (Å²) in [4.78, 5) is 13.5. The third-order valence-corrected chi connectivity index (χ3v) is 8.73. The zero-order chi connectivity index (χ0) is 21.2. The van der Waals surface area contributed by atoms with Gasteiger partial charge >= 0.3 is 0 Å². The third kappa shape index (κ3) is 3.83. The van der Waals surface area contributed by atoms with E-state index in [2.05, 4.69) is 5.32 Å². The molecule has 2 aliphatic rings. The number of carbonyl (C=O) groups excluding carboxylic acids is 1. The Bertz CT molecular complexity index is 1010. The molecule has 7 heteroatoms. The van der Waals surface area contributed by atoms with Crippen molar-refractivity contribution >= 4 is 15.7 Å². The number of ether oxygens (including phenoxy) is 1. The molecule has 1 amide bonds. The summed E-state index contributed by atoms with van der Waals surface area (Å²) in [5, 5.41) is 3.03. The van der Waals surface area contributed by atoms with Crippen LogP contribution in [0.2, 0.25) is 0 Å². The third-order valence-electron chi connectivity index (χ3n) is 6.21. The number of para-hydroxylation sites is 1. The SMILES string of the molecule is O=C(NC1CCOc2ccccc2C1)C1(S(=O)(=O)c2ccc(F)cc2)CCCCC1. The molecule has 0 aromatic heterocycles. The highest BCUT2D eigenvalue weighted by Gasteiger charge is 2.52. The number of hydrogen-bond donors (Lipinski definition) is 1. The summed E-state index contributed by atoms with van der Waals surface area (Å²) in [6.45, 7) is 0.458. The molecule has 1 N–H and O–H groups in total. The van der Waals surface area contributed by atoms with Crippen LogP contribution in [-0.2, 0) is 21.1 Å². The largest absolute Gasteiger partial charge is 0.493 e. The van der Waals surface area contributed by atoms with Crippen LogP contribution in [-0.4, -0.2) is 31.7 Å². The number of carbonyl (C=O) groups is 1. The van der Waals surface area contributed by atoms with Gasteiger partial charge in [-0.1, -0.05) is 37.5 Å². The monoisotopic (exact) mass is 431 g/mol. The van der Waals surface area contributed by atoms with Crippen LogP contribution in [0.25, 0.3) is 0 Å². The van der Waals surface area contributed by atoms with Gasteiger partial charge in [-0.25, -0.2) is 12.8 Å². The zero-order valence-electron chi connectivity index (χ0n) is 16.8. The van der Waals surface area contributed by atoms with Gasteiger partial charge in [0.15, 0.2) is 14.6 Å². The van der Waals surface area contributed by atoms with Gasteiger partial charge in [-0.3, -0.25) is 4.79 Å². The van der Waals surface area contributed by atoms with Crippen LogP contribution in [0.5, 0.6) is 5.75 Å². The topological polar surface area (TPSA) is 72.5 Å². The van der Waals surface area contributed by atoms with Gasteiger partial charge in [0.25, 0.3) is 0 Å². The number of rotatable bonds is 4. The van der Waals surface area contributed by atoms with E-state index in [-0.39, 0.29) is 23.8 Å². The normalized spacial score (nSPS) is 21.0. The van der Waals surface area contributed by atoms with E-state index >= 15 is 0 Å². The Kier molecular flexibility index (Phi) is 5.82. The number of fused-ring (bicyclic) bond motifs is 1. The van der Waals surface area contributed by atoms with E-state index in [4.69, 9.17) is 4.74 Å². The molecule has 4 rings (SSSR count). The van der Waals surface area contributed by atoms with Crippen molar-refractivity contribution in [3.63, 3.8) is 0 Å². The Hall–Kier alpha value is -2.41. The first-order valence-corrected chi connectivity index (χ1v) is 11.9. The minimum absolute atomic E-state index is 0.00417. The smallest absolute Gasteiger partial charge is 0.242 e. The Morgan fingerprint density at radius 2 is 1.73 bits per heavy atom. The number of sulfone groups is 1. The summed E-state index contributed by atoms with van der Waals surface area (Å²) in [5.74, 6) is -0.148. The maximum atomic E-state index is 13.6. The number of halogens is 1. The molecular formula is C23H26FNO4S. The number of amides is 1. The number of benzene rings is 2. The molecule has 1 atom stereocenters. The fourth-order valence-electron chi connectivity index (χ4n) is 4.51. The Morgan fingerprint density at radius 3 is 2.47 bits per heavy atom. The number of hydrogen-bond acceptors (Lipinski definition) is 4. The van der Waals surface area contributed by atoms with Gasteiger partial charge < -0.3 is 10.1 Å². The molecule has 2 aromatic carbocycles. The number of nitrogens with one attached hydrogen (secondary N) is 1. The lowest BCUT2D eigenvalue weighted by Crippen LogP contribution is -2.56. The van der Waals surface area contributed by atoms with E-state index in [1.54, 1.807) is 0 Å². The average Bonchev–Trinajstić information content (AvgIpc) is 2.96. The fourth-order valence-corrected chi connectivity index (χ4v) is 6.59. The maximum absolute atomic E-state index is 13.6. The summed E-state index contributed by atoms with van der Waals surface area (Å²) >= 11 is 0. The summed E-state index contributed by atoms with van der Waals surface area (Å²) < 4.78 is 44.7. The molecule has 1 aliphatic carbocycles. The first-order chi connectivity index (χ1) is 14.4. The van der Waals surface area contributed by atoms with Crippen LogP contribution < -0.4 is 10.1 Å². The highest BCUT2D eigenvalue weighted by atomic mass is 32.2. The molecule has 0 spiro atoms. The van der Waals surface area contributed by atoms with Gasteiger partial charge in [0.2, 0.25) is 5.91 Å². The predicted molar refractivity (Wildman–Crippen MR) is 112 cm³/mol. The Balaban J connectivity index is 1.62. The van der Waals surface area contributed by atoms with Crippen molar-refractivity contribution in [3.8, 4) is 5.75 Å². The summed E-state index contributed by atoms with van der Waals surface area (Å²) in [6, 6.07) is 12.3. The molecule has 0 bridgehead atoms. The molecule has 2 aromatic rings. The molecule has 1 saturated carbocycles. The molecule has 0 radical (unpaired) electrons. The summed E-state index contributed by atoms with van der Waals surface area (Å²) in [7, 11) is -3.97. The van der Waals surface area contributed by atoms with Gasteiger partial charge in [0, 0.05) is 12.5 Å². The van der Waals surface area contributed by atoms with Crippen molar-refractivity contribution in [2.45, 2.75) is 60.6 Å². The lowest BCUT2D eigenvalue weighted by Gasteiger charge is -2.36. The van der Waals surface area contributed by atoms with E-state index in [1.807, 2.05) is 24.3 Å². The second-order valence-corrected chi connectivity index (χ2v) is 10.4. The zero-order valence-corrected chi connectivity index (χ0v) is 17.6. The predicted octanol–water partition coefficient (Wildman–Crippen LogP) is 3.81. The molecule has 1 aliphatic heterocycles. The van der Waals surface area contributed by atoms with Crippen LogP contribution >= 0.6 is 0 Å². The average molecular weight is 432 g/mol. The van der Waals surface area contributed by atoms with Crippen LogP contribution in [0.15, 0.2) is 53.4 Å². The van der Waals surface area contributed by atoms with Crippen LogP contribution in [0.1, 0.15) is 44.1 Å². The molecule has 30 heavy (non-hydrogen) atoms. The van der Waals surface area contributed by atoms with Crippen molar-refractivity contribution in [1.82, 2.24) is 5.32 Å². The van der Waals surface area contributed by atoms with Crippen molar-refractivity contribution in [3.05, 3.63) is 59.9 Å². The fraction of sp³-hybridized carbons (Fsp3) is 0.435. The second-order valence-electron chi connectivity index (χ2n) is 8.13. The molecule has 5 nitrogen and oxygen atoms in total. The molecule has 1 heterocycles. The van der Waals surface area contributed by atoms with Crippen molar-refractivity contribution in [1.29, 1.82) is 0 Å². The minimum atomic E-state index is -3.97. The van der Waals surface area contributed by atoms with Crippen molar-refractivity contribution in [2.24, 2.45) is 0 Å². The van der Waals surface area contributed by atoms with Gasteiger partial charge in [-0.15, -0.1) is 0 Å². The molecule has 1 unspecified atom stereocenters.